The molecule has 1 aromatic rings. The van der Waals surface area contributed by atoms with Crippen molar-refractivity contribution in [3.05, 3.63) is 25.6 Å². The van der Waals surface area contributed by atoms with Crippen LogP contribution in [0, 0.1) is 16.7 Å². The van der Waals surface area contributed by atoms with Gasteiger partial charge in [0.2, 0.25) is 5.91 Å². The maximum absolute atomic E-state index is 12.5. The summed E-state index contributed by atoms with van der Waals surface area (Å²) in [6.07, 6.45) is 0.836. The van der Waals surface area contributed by atoms with Crippen molar-refractivity contribution in [2.24, 2.45) is 5.41 Å². The normalized spacial score (nSPS) is 17.3. The molecule has 0 radical (unpaired) electrons. The van der Waals surface area contributed by atoms with E-state index in [9.17, 15) is 10.1 Å². The lowest BCUT2D eigenvalue weighted by Gasteiger charge is -2.29. The summed E-state index contributed by atoms with van der Waals surface area (Å²) >= 11 is 10.2. The summed E-state index contributed by atoms with van der Waals surface area (Å²) in [4.78, 5) is 12.5. The lowest BCUT2D eigenvalue weighted by atomic mass is 9.81. The molecule has 0 saturated carbocycles. The molecular formula is C13H11Br3N2O2. The highest BCUT2D eigenvalue weighted by molar-refractivity contribution is 9.11. The van der Waals surface area contributed by atoms with E-state index < -0.39 is 5.41 Å². The summed E-state index contributed by atoms with van der Waals surface area (Å²) in [5.41, 5.74) is -0.385. The number of carbonyl (C=O) groups excluding carboxylic acids is 1. The third-order valence-corrected chi connectivity index (χ3v) is 4.95. The Labute approximate surface area is 142 Å². The number of anilines is 1. The lowest BCUT2D eigenvalue weighted by molar-refractivity contribution is -0.126. The van der Waals surface area contributed by atoms with E-state index in [0.717, 1.165) is 13.4 Å². The monoisotopic (exact) mass is 464 g/mol. The fourth-order valence-corrected chi connectivity index (χ4v) is 4.46. The zero-order chi connectivity index (χ0) is 14.8. The summed E-state index contributed by atoms with van der Waals surface area (Å²) < 4.78 is 7.60. The van der Waals surface area contributed by atoms with Crippen molar-refractivity contribution in [3.63, 3.8) is 0 Å². The van der Waals surface area contributed by atoms with Crippen molar-refractivity contribution >= 4 is 59.4 Å². The largest absolute Gasteiger partial charge is 0.381 e. The van der Waals surface area contributed by atoms with E-state index in [1.54, 1.807) is 0 Å². The number of ether oxygens (including phenoxy) is 1. The van der Waals surface area contributed by atoms with Gasteiger partial charge < -0.3 is 10.1 Å². The molecule has 7 heteroatoms. The van der Waals surface area contributed by atoms with Gasteiger partial charge in [0.25, 0.3) is 0 Å². The maximum Gasteiger partial charge on any atom is 0.245 e. The second-order valence-corrected chi connectivity index (χ2v) is 7.13. The molecule has 2 rings (SSSR count). The number of nitriles is 1. The summed E-state index contributed by atoms with van der Waals surface area (Å²) in [6.45, 7) is 0.868. The Hall–Kier alpha value is -0.420. The molecule has 0 unspecified atom stereocenters. The standard InChI is InChI=1S/C13H11Br3N2O2/c14-8-5-9(15)11(10(16)6-8)18-12(19)13(7-17)1-3-20-4-2-13/h5-6H,1-4H2,(H,18,19). The van der Waals surface area contributed by atoms with Gasteiger partial charge in [-0.15, -0.1) is 0 Å². The molecular weight excluding hydrogens is 456 g/mol. The van der Waals surface area contributed by atoms with Crippen LogP contribution in [0.3, 0.4) is 0 Å². The average molecular weight is 467 g/mol. The van der Waals surface area contributed by atoms with Crippen molar-refractivity contribution in [1.82, 2.24) is 0 Å². The average Bonchev–Trinajstić information content (AvgIpc) is 2.43. The van der Waals surface area contributed by atoms with Gasteiger partial charge >= 0.3 is 0 Å². The second kappa shape index (κ2) is 6.56. The van der Waals surface area contributed by atoms with Gasteiger partial charge in [-0.05, 0) is 56.8 Å². The predicted octanol–water partition coefficient (Wildman–Crippen LogP) is 4.23. The van der Waals surface area contributed by atoms with Crippen molar-refractivity contribution in [3.8, 4) is 6.07 Å². The molecule has 1 amide bonds. The van der Waals surface area contributed by atoms with E-state index in [4.69, 9.17) is 4.74 Å². The molecule has 1 N–H and O–H groups in total. The first kappa shape index (κ1) is 16.0. The van der Waals surface area contributed by atoms with Crippen LogP contribution in [0.25, 0.3) is 0 Å². The number of benzene rings is 1. The third kappa shape index (κ3) is 3.25. The van der Waals surface area contributed by atoms with E-state index in [-0.39, 0.29) is 5.91 Å². The Morgan fingerprint density at radius 1 is 1.25 bits per heavy atom. The second-order valence-electron chi connectivity index (χ2n) is 4.50. The predicted molar refractivity (Wildman–Crippen MR) is 86.3 cm³/mol. The molecule has 20 heavy (non-hydrogen) atoms. The van der Waals surface area contributed by atoms with Crippen molar-refractivity contribution in [2.75, 3.05) is 18.5 Å². The summed E-state index contributed by atoms with van der Waals surface area (Å²) in [7, 11) is 0. The smallest absolute Gasteiger partial charge is 0.245 e. The van der Waals surface area contributed by atoms with E-state index >= 15 is 0 Å². The van der Waals surface area contributed by atoms with Gasteiger partial charge in [0.15, 0.2) is 0 Å². The maximum atomic E-state index is 12.5. The highest BCUT2D eigenvalue weighted by atomic mass is 79.9. The number of hydrogen-bond donors (Lipinski definition) is 1. The van der Waals surface area contributed by atoms with E-state index in [0.29, 0.717) is 31.7 Å². The van der Waals surface area contributed by atoms with E-state index in [1.165, 1.54) is 0 Å². The number of halogens is 3. The van der Waals surface area contributed by atoms with Gasteiger partial charge in [-0.25, -0.2) is 0 Å². The highest BCUT2D eigenvalue weighted by Crippen LogP contribution is 2.37. The van der Waals surface area contributed by atoms with E-state index in [2.05, 4.69) is 59.2 Å². The van der Waals surface area contributed by atoms with Crippen LogP contribution >= 0.6 is 47.8 Å². The first-order chi connectivity index (χ1) is 9.48. The molecule has 0 aliphatic carbocycles. The third-order valence-electron chi connectivity index (χ3n) is 3.24. The van der Waals surface area contributed by atoms with Gasteiger partial charge in [0.05, 0.1) is 11.8 Å². The zero-order valence-corrected chi connectivity index (χ0v) is 15.1. The Kier molecular flexibility index (Phi) is 5.24. The Balaban J connectivity index is 2.26. The van der Waals surface area contributed by atoms with Crippen LogP contribution in [0.1, 0.15) is 12.8 Å². The number of nitrogens with one attached hydrogen (secondary N) is 1. The number of hydrogen-bond acceptors (Lipinski definition) is 3. The van der Waals surface area contributed by atoms with Gasteiger partial charge in [0, 0.05) is 26.6 Å². The molecule has 1 saturated heterocycles. The summed E-state index contributed by atoms with van der Waals surface area (Å²) in [5, 5.41) is 12.2. The van der Waals surface area contributed by atoms with Crippen LogP contribution in [-0.4, -0.2) is 19.1 Å². The van der Waals surface area contributed by atoms with Crippen LogP contribution in [-0.2, 0) is 9.53 Å². The molecule has 1 fully saturated rings. The first-order valence-electron chi connectivity index (χ1n) is 5.93. The minimum Gasteiger partial charge on any atom is -0.381 e. The van der Waals surface area contributed by atoms with Crippen molar-refractivity contribution < 1.29 is 9.53 Å². The van der Waals surface area contributed by atoms with Crippen LogP contribution in [0.2, 0.25) is 0 Å². The van der Waals surface area contributed by atoms with Crippen LogP contribution in [0.4, 0.5) is 5.69 Å². The molecule has 0 spiro atoms. The van der Waals surface area contributed by atoms with Crippen LogP contribution < -0.4 is 5.32 Å². The van der Waals surface area contributed by atoms with Crippen molar-refractivity contribution in [2.45, 2.75) is 12.8 Å². The molecule has 1 aliphatic rings. The van der Waals surface area contributed by atoms with Crippen LogP contribution in [0.15, 0.2) is 25.6 Å². The number of rotatable bonds is 2. The molecule has 1 aliphatic heterocycles. The number of carbonyl (C=O) groups is 1. The fourth-order valence-electron chi connectivity index (χ4n) is 2.00. The molecule has 0 bridgehead atoms. The zero-order valence-electron chi connectivity index (χ0n) is 10.4. The highest BCUT2D eigenvalue weighted by Gasteiger charge is 2.40. The first-order valence-corrected chi connectivity index (χ1v) is 8.31. The summed E-state index contributed by atoms with van der Waals surface area (Å²) in [5.74, 6) is -0.285. The molecule has 106 valence electrons. The SMILES string of the molecule is N#CC1(C(=O)Nc2c(Br)cc(Br)cc2Br)CCOCC1. The van der Waals surface area contributed by atoms with Gasteiger partial charge in [0.1, 0.15) is 5.41 Å². The van der Waals surface area contributed by atoms with Gasteiger partial charge in [-0.1, -0.05) is 15.9 Å². The molecule has 0 atom stereocenters. The quantitative estimate of drug-likeness (QED) is 0.709. The number of nitrogens with zero attached hydrogens (tertiary/aromatic N) is 1. The Morgan fingerprint density at radius 3 is 2.30 bits per heavy atom. The molecule has 0 aromatic heterocycles. The topological polar surface area (TPSA) is 62.1 Å². The molecule has 4 nitrogen and oxygen atoms in total. The summed E-state index contributed by atoms with van der Waals surface area (Å²) in [6, 6.07) is 5.83. The molecule has 1 heterocycles. The minimum absolute atomic E-state index is 0.285. The van der Waals surface area contributed by atoms with Crippen molar-refractivity contribution in [1.29, 1.82) is 5.26 Å². The Morgan fingerprint density at radius 2 is 1.80 bits per heavy atom. The van der Waals surface area contributed by atoms with E-state index in [1.807, 2.05) is 12.1 Å². The minimum atomic E-state index is -1.01. The fraction of sp³-hybridized carbons (Fsp3) is 0.385. The number of amides is 1. The lowest BCUT2D eigenvalue weighted by Crippen LogP contribution is -2.40. The molecule has 1 aromatic carbocycles. The van der Waals surface area contributed by atoms with Gasteiger partial charge in [-0.2, -0.15) is 5.26 Å². The van der Waals surface area contributed by atoms with Crippen LogP contribution in [0.5, 0.6) is 0 Å². The Bertz CT molecular complexity index is 554. The van der Waals surface area contributed by atoms with Gasteiger partial charge in [-0.3, -0.25) is 4.79 Å².